The summed E-state index contributed by atoms with van der Waals surface area (Å²) in [6.45, 7) is 1.66. The highest BCUT2D eigenvalue weighted by atomic mass is 79.9. The lowest BCUT2D eigenvalue weighted by Crippen LogP contribution is -2.09. The van der Waals surface area contributed by atoms with Crippen molar-refractivity contribution in [3.8, 4) is 0 Å². The van der Waals surface area contributed by atoms with Crippen molar-refractivity contribution in [3.05, 3.63) is 27.7 Å². The van der Waals surface area contributed by atoms with Gasteiger partial charge in [0.25, 0.3) is 6.43 Å². The van der Waals surface area contributed by atoms with E-state index in [9.17, 15) is 18.0 Å². The van der Waals surface area contributed by atoms with Gasteiger partial charge < -0.3 is 4.74 Å². The zero-order valence-electron chi connectivity index (χ0n) is 8.14. The summed E-state index contributed by atoms with van der Waals surface area (Å²) in [5, 5.41) is 0. The first-order valence-electron chi connectivity index (χ1n) is 4.28. The number of hydrogen-bond donors (Lipinski definition) is 0. The first kappa shape index (κ1) is 13.0. The number of alkyl halides is 2. The molecule has 1 heterocycles. The molecule has 0 fully saturated rings. The minimum atomic E-state index is -3.06. The monoisotopic (exact) mass is 297 g/mol. The predicted molar refractivity (Wildman–Crippen MR) is 52.8 cm³/mol. The molecule has 0 saturated heterocycles. The maximum absolute atomic E-state index is 13.0. The molecule has 0 N–H and O–H groups in total. The second kappa shape index (κ2) is 5.29. The third kappa shape index (κ3) is 2.52. The van der Waals surface area contributed by atoms with Crippen LogP contribution < -0.4 is 0 Å². The fraction of sp³-hybridized carbons (Fsp3) is 0.333. The van der Waals surface area contributed by atoms with Gasteiger partial charge in [-0.2, -0.15) is 4.39 Å². The predicted octanol–water partition coefficient (Wildman–Crippen LogP) is 3.10. The number of rotatable bonds is 3. The molecule has 0 radical (unpaired) electrons. The SMILES string of the molecule is CCOC(=O)c1cnc(F)c(C(F)F)c1Br. The van der Waals surface area contributed by atoms with Crippen molar-refractivity contribution in [1.29, 1.82) is 0 Å². The molecular formula is C9H7BrF3NO2. The molecule has 0 saturated carbocycles. The van der Waals surface area contributed by atoms with Crippen LogP contribution in [0.1, 0.15) is 29.3 Å². The van der Waals surface area contributed by atoms with Crippen LogP contribution in [0, 0.1) is 5.95 Å². The minimum Gasteiger partial charge on any atom is -0.462 e. The molecule has 16 heavy (non-hydrogen) atoms. The Kier molecular flexibility index (Phi) is 4.28. The topological polar surface area (TPSA) is 39.2 Å². The van der Waals surface area contributed by atoms with Gasteiger partial charge in [-0.05, 0) is 22.9 Å². The minimum absolute atomic E-state index is 0.0899. The Hall–Kier alpha value is -1.11. The molecule has 7 heteroatoms. The van der Waals surface area contributed by atoms with E-state index in [0.717, 1.165) is 6.20 Å². The van der Waals surface area contributed by atoms with Crippen LogP contribution >= 0.6 is 15.9 Å². The van der Waals surface area contributed by atoms with Gasteiger partial charge in [0.05, 0.1) is 17.7 Å². The summed E-state index contributed by atoms with van der Waals surface area (Å²) in [5.41, 5.74) is -1.16. The molecule has 0 unspecified atom stereocenters. The van der Waals surface area contributed by atoms with E-state index in [4.69, 9.17) is 0 Å². The zero-order chi connectivity index (χ0) is 12.3. The number of esters is 1. The van der Waals surface area contributed by atoms with Gasteiger partial charge in [-0.1, -0.05) is 0 Å². The van der Waals surface area contributed by atoms with Crippen molar-refractivity contribution in [2.45, 2.75) is 13.3 Å². The number of ether oxygens (including phenoxy) is 1. The van der Waals surface area contributed by atoms with E-state index in [2.05, 4.69) is 25.7 Å². The van der Waals surface area contributed by atoms with E-state index in [0.29, 0.717) is 0 Å². The van der Waals surface area contributed by atoms with E-state index >= 15 is 0 Å². The largest absolute Gasteiger partial charge is 0.462 e. The highest BCUT2D eigenvalue weighted by molar-refractivity contribution is 9.10. The van der Waals surface area contributed by atoms with Gasteiger partial charge in [-0.15, -0.1) is 0 Å². The van der Waals surface area contributed by atoms with Gasteiger partial charge in [-0.3, -0.25) is 0 Å². The summed E-state index contributed by atoms with van der Waals surface area (Å²) in [6, 6.07) is 0. The summed E-state index contributed by atoms with van der Waals surface area (Å²) in [7, 11) is 0. The summed E-state index contributed by atoms with van der Waals surface area (Å²) in [5.74, 6) is -2.14. The molecule has 0 amide bonds. The van der Waals surface area contributed by atoms with Gasteiger partial charge in [0.2, 0.25) is 5.95 Å². The number of pyridine rings is 1. The lowest BCUT2D eigenvalue weighted by Gasteiger charge is -2.08. The average Bonchev–Trinajstić information content (AvgIpc) is 2.17. The van der Waals surface area contributed by atoms with E-state index in [1.165, 1.54) is 0 Å². The number of hydrogen-bond acceptors (Lipinski definition) is 3. The maximum Gasteiger partial charge on any atom is 0.340 e. The normalized spacial score (nSPS) is 10.6. The first-order chi connectivity index (χ1) is 7.49. The Labute approximate surface area is 97.8 Å². The Morgan fingerprint density at radius 2 is 2.25 bits per heavy atom. The fourth-order valence-electron chi connectivity index (χ4n) is 1.02. The molecule has 0 spiro atoms. The lowest BCUT2D eigenvalue weighted by molar-refractivity contribution is 0.0524. The van der Waals surface area contributed by atoms with E-state index < -0.39 is 23.9 Å². The van der Waals surface area contributed by atoms with Crippen molar-refractivity contribution in [2.75, 3.05) is 6.61 Å². The molecule has 1 aromatic heterocycles. The molecular weight excluding hydrogens is 291 g/mol. The maximum atomic E-state index is 13.0. The number of aromatic nitrogens is 1. The van der Waals surface area contributed by atoms with Crippen LogP contribution in [0.2, 0.25) is 0 Å². The summed E-state index contributed by atoms with van der Waals surface area (Å²) in [4.78, 5) is 14.4. The number of halogens is 4. The average molecular weight is 298 g/mol. The highest BCUT2D eigenvalue weighted by Crippen LogP contribution is 2.31. The van der Waals surface area contributed by atoms with E-state index in [-0.39, 0.29) is 16.6 Å². The van der Waals surface area contributed by atoms with Crippen LogP contribution in [-0.2, 0) is 4.74 Å². The van der Waals surface area contributed by atoms with Crippen molar-refractivity contribution < 1.29 is 22.7 Å². The standard InChI is InChI=1S/C9H7BrF3NO2/c1-2-16-9(15)4-3-14-8(13)5(6(4)10)7(11)12/h3,7H,2H2,1H3. The van der Waals surface area contributed by atoms with E-state index in [1.54, 1.807) is 6.92 Å². The molecule has 0 atom stereocenters. The van der Waals surface area contributed by atoms with Crippen LogP contribution in [-0.4, -0.2) is 17.6 Å². The second-order valence-electron chi connectivity index (χ2n) is 2.71. The van der Waals surface area contributed by atoms with Crippen molar-refractivity contribution in [3.63, 3.8) is 0 Å². The van der Waals surface area contributed by atoms with Crippen molar-refractivity contribution in [2.24, 2.45) is 0 Å². The Morgan fingerprint density at radius 3 is 2.75 bits per heavy atom. The second-order valence-corrected chi connectivity index (χ2v) is 3.50. The first-order valence-corrected chi connectivity index (χ1v) is 5.07. The van der Waals surface area contributed by atoms with Crippen LogP contribution in [0.25, 0.3) is 0 Å². The molecule has 1 aromatic rings. The molecule has 0 bridgehead atoms. The molecule has 0 aliphatic carbocycles. The molecule has 3 nitrogen and oxygen atoms in total. The quantitative estimate of drug-likeness (QED) is 0.636. The van der Waals surface area contributed by atoms with Crippen LogP contribution in [0.15, 0.2) is 10.7 Å². The summed E-state index contributed by atoms with van der Waals surface area (Å²) in [6.07, 6.45) is -2.21. The van der Waals surface area contributed by atoms with Crippen molar-refractivity contribution in [1.82, 2.24) is 4.98 Å². The Bertz CT molecular complexity index is 412. The van der Waals surface area contributed by atoms with Gasteiger partial charge in [-0.25, -0.2) is 18.6 Å². The smallest absolute Gasteiger partial charge is 0.340 e. The molecule has 0 aromatic carbocycles. The molecule has 88 valence electrons. The molecule has 1 rings (SSSR count). The Balaban J connectivity index is 3.23. The summed E-state index contributed by atoms with van der Waals surface area (Å²) < 4.78 is 42.2. The van der Waals surface area contributed by atoms with Gasteiger partial charge in [0.1, 0.15) is 0 Å². The third-order valence-corrected chi connectivity index (χ3v) is 2.57. The lowest BCUT2D eigenvalue weighted by atomic mass is 10.2. The van der Waals surface area contributed by atoms with Crippen molar-refractivity contribution >= 4 is 21.9 Å². The van der Waals surface area contributed by atoms with Crippen LogP contribution in [0.4, 0.5) is 13.2 Å². The number of carbonyl (C=O) groups excluding carboxylic acids is 1. The zero-order valence-corrected chi connectivity index (χ0v) is 9.72. The van der Waals surface area contributed by atoms with E-state index in [1.807, 2.05) is 0 Å². The van der Waals surface area contributed by atoms with Gasteiger partial charge in [0.15, 0.2) is 0 Å². The fourth-order valence-corrected chi connectivity index (χ4v) is 1.62. The number of carbonyl (C=O) groups is 1. The van der Waals surface area contributed by atoms with Gasteiger partial charge in [0, 0.05) is 10.7 Å². The number of nitrogens with zero attached hydrogens (tertiary/aromatic N) is 1. The highest BCUT2D eigenvalue weighted by Gasteiger charge is 2.24. The van der Waals surface area contributed by atoms with Crippen LogP contribution in [0.3, 0.4) is 0 Å². The van der Waals surface area contributed by atoms with Gasteiger partial charge >= 0.3 is 5.97 Å². The molecule has 0 aliphatic rings. The van der Waals surface area contributed by atoms with Crippen LogP contribution in [0.5, 0.6) is 0 Å². The summed E-state index contributed by atoms with van der Waals surface area (Å²) >= 11 is 2.74. The third-order valence-electron chi connectivity index (χ3n) is 1.72. The molecule has 0 aliphatic heterocycles. The Morgan fingerprint density at radius 1 is 1.62 bits per heavy atom.